The van der Waals surface area contributed by atoms with E-state index < -0.39 is 23.6 Å². The first-order chi connectivity index (χ1) is 8.52. The van der Waals surface area contributed by atoms with Gasteiger partial charge in [0.1, 0.15) is 6.10 Å². The van der Waals surface area contributed by atoms with E-state index in [0.717, 1.165) is 0 Å². The monoisotopic (exact) mass is 315 g/mol. The summed E-state index contributed by atoms with van der Waals surface area (Å²) in [5.74, 6) is -0.832. The van der Waals surface area contributed by atoms with Gasteiger partial charge in [-0.3, -0.25) is 4.98 Å². The van der Waals surface area contributed by atoms with E-state index in [1.54, 1.807) is 0 Å². The number of halogens is 1. The highest BCUT2D eigenvalue weighted by Crippen LogP contribution is 2.20. The molecule has 1 heterocycles. The van der Waals surface area contributed by atoms with Crippen molar-refractivity contribution < 1.29 is 14.6 Å². The van der Waals surface area contributed by atoms with Gasteiger partial charge >= 0.3 is 11.4 Å². The zero-order valence-electron chi connectivity index (χ0n) is 9.09. The molecular formula is C11H10BrNO5. The minimum Gasteiger partial charge on any atom is -0.389 e. The molecule has 0 aliphatic heterocycles. The largest absolute Gasteiger partial charge is 0.419 e. The number of hydrogen-bond acceptors (Lipinski definition) is 5. The second kappa shape index (κ2) is 5.05. The number of benzene rings is 1. The molecule has 3 N–H and O–H groups in total. The van der Waals surface area contributed by atoms with Crippen LogP contribution in [-0.2, 0) is 0 Å². The Morgan fingerprint density at radius 2 is 2.06 bits per heavy atom. The van der Waals surface area contributed by atoms with E-state index in [1.165, 1.54) is 18.2 Å². The number of fused-ring (bicyclic) bond motifs is 1. The maximum Gasteiger partial charge on any atom is 0.419 e. The third-order valence-corrected chi connectivity index (χ3v) is 3.21. The van der Waals surface area contributed by atoms with Gasteiger partial charge in [-0.15, -0.1) is 0 Å². The van der Waals surface area contributed by atoms with E-state index in [2.05, 4.69) is 25.3 Å². The van der Waals surface area contributed by atoms with Crippen LogP contribution in [-0.4, -0.2) is 26.6 Å². The number of aliphatic hydroxyl groups excluding tert-OH is 2. The SMILES string of the molecule is O=c1[nH]c2ccc(C(O)C(O)CBr)cc2c(=O)o1. The van der Waals surface area contributed by atoms with E-state index in [0.29, 0.717) is 11.1 Å². The first-order valence-electron chi connectivity index (χ1n) is 5.12. The molecule has 0 spiro atoms. The highest BCUT2D eigenvalue weighted by atomic mass is 79.9. The van der Waals surface area contributed by atoms with Crippen LogP contribution in [0, 0.1) is 0 Å². The molecular weight excluding hydrogens is 306 g/mol. The number of aliphatic hydroxyl groups is 2. The van der Waals surface area contributed by atoms with Crippen LogP contribution in [0.4, 0.5) is 0 Å². The van der Waals surface area contributed by atoms with Gasteiger partial charge < -0.3 is 14.6 Å². The predicted molar refractivity (Wildman–Crippen MR) is 67.9 cm³/mol. The summed E-state index contributed by atoms with van der Waals surface area (Å²) in [5, 5.41) is 19.7. The fraction of sp³-hybridized carbons (Fsp3) is 0.273. The van der Waals surface area contributed by atoms with Gasteiger partial charge in [0, 0.05) is 5.33 Å². The van der Waals surface area contributed by atoms with Crippen molar-refractivity contribution in [1.82, 2.24) is 4.98 Å². The number of H-pyrrole nitrogens is 1. The van der Waals surface area contributed by atoms with Crippen molar-refractivity contribution in [3.63, 3.8) is 0 Å². The molecule has 2 atom stereocenters. The predicted octanol–water partition coefficient (Wildman–Crippen LogP) is 0.271. The highest BCUT2D eigenvalue weighted by molar-refractivity contribution is 9.09. The summed E-state index contributed by atoms with van der Waals surface area (Å²) in [7, 11) is 0. The lowest BCUT2D eigenvalue weighted by Crippen LogP contribution is -2.20. The van der Waals surface area contributed by atoms with E-state index >= 15 is 0 Å². The Hall–Kier alpha value is -1.44. The van der Waals surface area contributed by atoms with E-state index in [1.807, 2.05) is 0 Å². The fourth-order valence-electron chi connectivity index (χ4n) is 1.60. The van der Waals surface area contributed by atoms with Gasteiger partial charge in [-0.1, -0.05) is 22.0 Å². The van der Waals surface area contributed by atoms with Crippen LogP contribution in [0.5, 0.6) is 0 Å². The van der Waals surface area contributed by atoms with E-state index in [9.17, 15) is 19.8 Å². The molecule has 0 aliphatic rings. The number of hydrogen-bond donors (Lipinski definition) is 3. The van der Waals surface area contributed by atoms with Crippen LogP contribution in [0.15, 0.2) is 32.2 Å². The minimum absolute atomic E-state index is 0.146. The van der Waals surface area contributed by atoms with Crippen LogP contribution >= 0.6 is 15.9 Å². The molecule has 96 valence electrons. The van der Waals surface area contributed by atoms with Gasteiger partial charge in [-0.05, 0) is 17.7 Å². The van der Waals surface area contributed by atoms with Crippen LogP contribution in [0.3, 0.4) is 0 Å². The molecule has 2 aromatic rings. The third-order valence-electron chi connectivity index (χ3n) is 2.55. The minimum atomic E-state index is -1.12. The first-order valence-corrected chi connectivity index (χ1v) is 6.24. The molecule has 0 saturated heterocycles. The van der Waals surface area contributed by atoms with Gasteiger partial charge in [0.15, 0.2) is 0 Å². The van der Waals surface area contributed by atoms with Crippen molar-refractivity contribution in [2.45, 2.75) is 12.2 Å². The Morgan fingerprint density at radius 1 is 1.33 bits per heavy atom. The molecule has 2 rings (SSSR count). The summed E-state index contributed by atoms with van der Waals surface area (Å²) >= 11 is 3.05. The van der Waals surface area contributed by atoms with E-state index in [-0.39, 0.29) is 10.7 Å². The molecule has 18 heavy (non-hydrogen) atoms. The summed E-state index contributed by atoms with van der Waals surface area (Å²) in [6.45, 7) is 0. The Balaban J connectivity index is 2.57. The zero-order valence-corrected chi connectivity index (χ0v) is 10.7. The maximum absolute atomic E-state index is 11.5. The summed E-state index contributed by atoms with van der Waals surface area (Å²) < 4.78 is 4.39. The van der Waals surface area contributed by atoms with Crippen molar-refractivity contribution in [3.05, 3.63) is 44.7 Å². The number of alkyl halides is 1. The van der Waals surface area contributed by atoms with Crippen molar-refractivity contribution in [2.24, 2.45) is 0 Å². The standard InChI is InChI=1S/C11H10BrNO5/c12-4-8(14)9(15)5-1-2-7-6(3-5)10(16)18-11(17)13-7/h1-3,8-9,14-15H,4H2,(H,13,17). The van der Waals surface area contributed by atoms with Crippen molar-refractivity contribution >= 4 is 26.8 Å². The molecule has 0 radical (unpaired) electrons. The number of rotatable bonds is 3. The summed E-state index contributed by atoms with van der Waals surface area (Å²) in [4.78, 5) is 24.8. The molecule has 0 saturated carbocycles. The molecule has 0 amide bonds. The van der Waals surface area contributed by atoms with Crippen LogP contribution < -0.4 is 11.4 Å². The Bertz CT molecular complexity index is 677. The summed E-state index contributed by atoms with van der Waals surface area (Å²) in [6.07, 6.45) is -2.11. The van der Waals surface area contributed by atoms with Crippen molar-refractivity contribution in [3.8, 4) is 0 Å². The van der Waals surface area contributed by atoms with E-state index in [4.69, 9.17) is 0 Å². The third kappa shape index (κ3) is 2.38. The highest BCUT2D eigenvalue weighted by Gasteiger charge is 2.18. The molecule has 0 bridgehead atoms. The molecule has 0 fully saturated rings. The van der Waals surface area contributed by atoms with Crippen molar-refractivity contribution in [1.29, 1.82) is 0 Å². The topological polar surface area (TPSA) is 104 Å². The average Bonchev–Trinajstić information content (AvgIpc) is 2.36. The number of aromatic nitrogens is 1. The smallest absolute Gasteiger partial charge is 0.389 e. The lowest BCUT2D eigenvalue weighted by atomic mass is 10.0. The molecule has 2 unspecified atom stereocenters. The second-order valence-electron chi connectivity index (χ2n) is 3.77. The average molecular weight is 316 g/mol. The number of nitrogens with one attached hydrogen (secondary N) is 1. The Labute approximate surface area is 109 Å². The van der Waals surface area contributed by atoms with Crippen molar-refractivity contribution in [2.75, 3.05) is 5.33 Å². The van der Waals surface area contributed by atoms with Gasteiger partial charge in [-0.2, -0.15) is 0 Å². The maximum atomic E-state index is 11.5. The Kier molecular flexibility index (Phi) is 3.65. The second-order valence-corrected chi connectivity index (χ2v) is 4.42. The normalized spacial score (nSPS) is 14.6. The van der Waals surface area contributed by atoms with Gasteiger partial charge in [-0.25, -0.2) is 9.59 Å². The van der Waals surface area contributed by atoms with Gasteiger partial charge in [0.25, 0.3) is 0 Å². The zero-order chi connectivity index (χ0) is 13.3. The van der Waals surface area contributed by atoms with Crippen LogP contribution in [0.1, 0.15) is 11.7 Å². The fourth-order valence-corrected chi connectivity index (χ4v) is 1.96. The molecule has 6 nitrogen and oxygen atoms in total. The number of aromatic amines is 1. The quantitative estimate of drug-likeness (QED) is 0.705. The first kappa shape index (κ1) is 13.0. The molecule has 7 heteroatoms. The molecule has 1 aromatic carbocycles. The van der Waals surface area contributed by atoms with Gasteiger partial charge in [0.2, 0.25) is 0 Å². The molecule has 1 aromatic heterocycles. The summed E-state index contributed by atoms with van der Waals surface area (Å²) in [6, 6.07) is 4.38. The molecule has 0 aliphatic carbocycles. The van der Waals surface area contributed by atoms with Gasteiger partial charge in [0.05, 0.1) is 17.0 Å². The Morgan fingerprint density at radius 3 is 2.72 bits per heavy atom. The van der Waals surface area contributed by atoms with Crippen LogP contribution in [0.2, 0.25) is 0 Å². The lowest BCUT2D eigenvalue weighted by molar-refractivity contribution is 0.0343. The lowest BCUT2D eigenvalue weighted by Gasteiger charge is -2.15. The van der Waals surface area contributed by atoms with Crippen LogP contribution in [0.25, 0.3) is 10.9 Å². The summed E-state index contributed by atoms with van der Waals surface area (Å²) in [5.41, 5.74) is -0.0922.